The van der Waals surface area contributed by atoms with E-state index in [1.165, 1.54) is 31.7 Å². The zero-order chi connectivity index (χ0) is 62.0. The van der Waals surface area contributed by atoms with Crippen molar-refractivity contribution in [3.63, 3.8) is 0 Å². The van der Waals surface area contributed by atoms with Crippen LogP contribution in [0.25, 0.3) is 32.3 Å². The van der Waals surface area contributed by atoms with Crippen molar-refractivity contribution in [3.8, 4) is 0 Å². The van der Waals surface area contributed by atoms with Crippen molar-refractivity contribution >= 4 is 101 Å². The SMILES string of the molecule is CCc1ccccc1N(c1c(F)cc(F)cc1F)c1cc(N(c2ccccc2CC)c2c(F)cc(F)cc2F)c2ccc3c(N(c4ccccc4CC)c4c(F)cc(F)cc4F)cc(N(c4ccccc4CC)c4c(F)cc(F)cc4F)c4ccc1c2c43. The van der Waals surface area contributed by atoms with Gasteiger partial charge in [-0.05, 0) is 84.3 Å². The molecule has 0 atom stereocenters. The number of benzene rings is 12. The zero-order valence-electron chi connectivity index (χ0n) is 47.5. The Hall–Kier alpha value is -9.96. The van der Waals surface area contributed by atoms with Gasteiger partial charge in [-0.25, -0.2) is 52.7 Å². The van der Waals surface area contributed by atoms with Gasteiger partial charge in [0.1, 0.15) is 46.0 Å². The van der Waals surface area contributed by atoms with Crippen molar-refractivity contribution in [2.75, 3.05) is 19.6 Å². The van der Waals surface area contributed by atoms with E-state index in [2.05, 4.69) is 0 Å². The first-order valence-electron chi connectivity index (χ1n) is 28.3. The first-order chi connectivity index (χ1) is 42.5. The summed E-state index contributed by atoms with van der Waals surface area (Å²) in [5, 5.41) is 0.687. The Balaban J connectivity index is 1.38. The van der Waals surface area contributed by atoms with Gasteiger partial charge in [-0.2, -0.15) is 0 Å². The van der Waals surface area contributed by atoms with Crippen LogP contribution in [0.1, 0.15) is 49.9 Å². The van der Waals surface area contributed by atoms with E-state index in [9.17, 15) is 0 Å². The van der Waals surface area contributed by atoms with E-state index in [0.717, 1.165) is 0 Å². The molecule has 0 N–H and O–H groups in total. The third-order valence-electron chi connectivity index (χ3n) is 16.0. The van der Waals surface area contributed by atoms with E-state index in [0.29, 0.717) is 70.8 Å². The van der Waals surface area contributed by atoms with Crippen LogP contribution in [0.2, 0.25) is 0 Å². The average molecular weight is 1200 g/mol. The van der Waals surface area contributed by atoms with Gasteiger partial charge in [0.15, 0.2) is 46.5 Å². The van der Waals surface area contributed by atoms with Crippen LogP contribution in [-0.2, 0) is 25.7 Å². The number of halogens is 12. The second-order valence-electron chi connectivity index (χ2n) is 21.0. The fraction of sp³-hybridized carbons (Fsp3) is 0.111. The molecule has 4 nitrogen and oxygen atoms in total. The predicted octanol–water partition coefficient (Wildman–Crippen LogP) is 22.4. The van der Waals surface area contributed by atoms with Gasteiger partial charge in [-0.3, -0.25) is 0 Å². The van der Waals surface area contributed by atoms with Gasteiger partial charge >= 0.3 is 0 Å². The summed E-state index contributed by atoms with van der Waals surface area (Å²) in [6.45, 7) is 7.17. The molecular weight excluding hydrogens is 1150 g/mol. The highest BCUT2D eigenvalue weighted by molar-refractivity contribution is 6.33. The normalized spacial score (nSPS) is 11.6. The lowest BCUT2D eigenvalue weighted by Gasteiger charge is -2.36. The summed E-state index contributed by atoms with van der Waals surface area (Å²) < 4.78 is 198. The Morgan fingerprint density at radius 3 is 0.591 bits per heavy atom. The second-order valence-corrected chi connectivity index (χ2v) is 21.0. The Morgan fingerprint density at radius 1 is 0.227 bits per heavy atom. The van der Waals surface area contributed by atoms with Gasteiger partial charge in [-0.15, -0.1) is 0 Å². The van der Waals surface area contributed by atoms with Crippen molar-refractivity contribution in [2.24, 2.45) is 0 Å². The molecule has 88 heavy (non-hydrogen) atoms. The quantitative estimate of drug-likeness (QED) is 0.0706. The minimum atomic E-state index is -1.37. The molecule has 0 aliphatic carbocycles. The van der Waals surface area contributed by atoms with E-state index in [1.54, 1.807) is 149 Å². The van der Waals surface area contributed by atoms with E-state index in [-0.39, 0.29) is 103 Å². The number of rotatable bonds is 16. The maximum absolute atomic E-state index is 17.2. The summed E-state index contributed by atoms with van der Waals surface area (Å²) in [5.41, 5.74) is -0.940. The van der Waals surface area contributed by atoms with E-state index >= 15 is 52.7 Å². The molecule has 0 saturated carbocycles. The highest BCUT2D eigenvalue weighted by Gasteiger charge is 2.35. The second kappa shape index (κ2) is 23.4. The molecule has 0 heterocycles. The summed E-state index contributed by atoms with van der Waals surface area (Å²) in [6.07, 6.45) is 1.01. The van der Waals surface area contributed by atoms with Crippen molar-refractivity contribution in [1.29, 1.82) is 0 Å². The molecule has 0 unspecified atom stereocenters. The lowest BCUT2D eigenvalue weighted by molar-refractivity contribution is 0.544. The van der Waals surface area contributed by atoms with Crippen LogP contribution in [-0.4, -0.2) is 0 Å². The standard InChI is InChI=1S/C72H50F12N4/c1-5-39-17-9-13-21-59(39)85(69-51(77)29-43(73)30-52(69)78)63-37-64(86(60-22-14-10-18-40(60)6-2)70-53(79)31-44(74)32-54(70)80)48-27-28-50-66(88(62-24-16-12-20-42(62)8-4)72-57(83)35-46(76)36-58(72)84)38-65(49-26-25-47(63)67(48)68(49)50)87(61-23-15-11-19-41(61)7-3)71-55(81)33-45(75)34-56(71)82/h9-38H,5-8H2,1-4H3. The number of aryl methyl sites for hydroxylation is 4. The largest absolute Gasteiger partial charge is 0.304 e. The van der Waals surface area contributed by atoms with Gasteiger partial charge in [-0.1, -0.05) is 125 Å². The minimum absolute atomic E-state index is 0.0990. The van der Waals surface area contributed by atoms with Gasteiger partial charge in [0, 0.05) is 104 Å². The average Bonchev–Trinajstić information content (AvgIpc) is 0.739. The molecule has 12 rings (SSSR count). The Labute approximate surface area is 498 Å². The third kappa shape index (κ3) is 9.89. The smallest absolute Gasteiger partial charge is 0.153 e. The molecule has 442 valence electrons. The van der Waals surface area contributed by atoms with E-state index < -0.39 is 92.6 Å². The fourth-order valence-electron chi connectivity index (χ4n) is 12.2. The molecule has 0 fully saturated rings. The Morgan fingerprint density at radius 2 is 0.409 bits per heavy atom. The number of nitrogens with zero attached hydrogens (tertiary/aromatic N) is 4. The van der Waals surface area contributed by atoms with Crippen molar-refractivity contribution in [3.05, 3.63) is 274 Å². The number of para-hydroxylation sites is 4. The topological polar surface area (TPSA) is 13.0 Å². The molecule has 0 aromatic heterocycles. The zero-order valence-corrected chi connectivity index (χ0v) is 47.5. The summed E-state index contributed by atoms with van der Waals surface area (Å²) in [6, 6.07) is 39.4. The van der Waals surface area contributed by atoms with E-state index in [4.69, 9.17) is 0 Å². The molecule has 0 saturated heterocycles. The van der Waals surface area contributed by atoms with Crippen LogP contribution < -0.4 is 19.6 Å². The molecule has 12 aromatic rings. The van der Waals surface area contributed by atoms with Crippen LogP contribution in [0, 0.1) is 69.8 Å². The van der Waals surface area contributed by atoms with Crippen molar-refractivity contribution < 1.29 is 52.7 Å². The van der Waals surface area contributed by atoms with Crippen LogP contribution in [0.15, 0.2) is 182 Å². The van der Waals surface area contributed by atoms with E-state index in [1.807, 2.05) is 0 Å². The first-order valence-corrected chi connectivity index (χ1v) is 28.3. The molecule has 0 aliphatic heterocycles. The van der Waals surface area contributed by atoms with Crippen LogP contribution in [0.5, 0.6) is 0 Å². The van der Waals surface area contributed by atoms with Crippen LogP contribution in [0.3, 0.4) is 0 Å². The third-order valence-corrected chi connectivity index (χ3v) is 16.0. The molecule has 0 bridgehead atoms. The number of hydrogen-bond donors (Lipinski definition) is 0. The van der Waals surface area contributed by atoms with Crippen molar-refractivity contribution in [2.45, 2.75) is 53.4 Å². The van der Waals surface area contributed by atoms with Gasteiger partial charge in [0.2, 0.25) is 0 Å². The summed E-state index contributed by atoms with van der Waals surface area (Å²) in [7, 11) is 0. The van der Waals surface area contributed by atoms with Gasteiger partial charge in [0.05, 0.1) is 22.7 Å². The highest BCUT2D eigenvalue weighted by Crippen LogP contribution is 2.57. The molecule has 16 heteroatoms. The fourth-order valence-corrected chi connectivity index (χ4v) is 12.2. The minimum Gasteiger partial charge on any atom is -0.304 e. The van der Waals surface area contributed by atoms with Crippen molar-refractivity contribution in [1.82, 2.24) is 0 Å². The predicted molar refractivity (Wildman–Crippen MR) is 326 cm³/mol. The maximum Gasteiger partial charge on any atom is 0.153 e. The molecule has 0 radical (unpaired) electrons. The van der Waals surface area contributed by atoms with Crippen LogP contribution in [0.4, 0.5) is 121 Å². The molecular formula is C72H50F12N4. The van der Waals surface area contributed by atoms with Crippen LogP contribution >= 0.6 is 0 Å². The summed E-state index contributed by atoms with van der Waals surface area (Å²) in [4.78, 5) is 4.84. The summed E-state index contributed by atoms with van der Waals surface area (Å²) in [5.74, 6) is -16.0. The lowest BCUT2D eigenvalue weighted by atomic mass is 9.88. The summed E-state index contributed by atoms with van der Waals surface area (Å²) >= 11 is 0. The number of hydrogen-bond acceptors (Lipinski definition) is 4. The molecule has 12 aromatic carbocycles. The van der Waals surface area contributed by atoms with Gasteiger partial charge in [0.25, 0.3) is 0 Å². The maximum atomic E-state index is 17.2. The highest BCUT2D eigenvalue weighted by atomic mass is 19.2. The molecule has 0 spiro atoms. The first kappa shape index (κ1) is 58.4. The number of anilines is 12. The Kier molecular flexibility index (Phi) is 15.5. The Bertz CT molecular complexity index is 4050. The van der Waals surface area contributed by atoms with Gasteiger partial charge < -0.3 is 19.6 Å². The lowest BCUT2D eigenvalue weighted by Crippen LogP contribution is -2.20. The molecule has 0 amide bonds. The molecule has 0 aliphatic rings. The monoisotopic (exact) mass is 1200 g/mol.